The van der Waals surface area contributed by atoms with Crippen molar-refractivity contribution in [2.75, 3.05) is 20.1 Å². The van der Waals surface area contributed by atoms with Crippen molar-refractivity contribution < 1.29 is 19.4 Å². The maximum atomic E-state index is 12.4. The van der Waals surface area contributed by atoms with Crippen molar-refractivity contribution in [3.05, 3.63) is 35.4 Å². The third kappa shape index (κ3) is 1.85. The largest absolute Gasteiger partial charge is 0.504 e. The third-order valence-corrected chi connectivity index (χ3v) is 9.21. The molecule has 0 amide bonds. The number of phenols is 1. The van der Waals surface area contributed by atoms with Crippen LogP contribution in [0.25, 0.3) is 0 Å². The van der Waals surface area contributed by atoms with Crippen LogP contribution in [-0.2, 0) is 11.8 Å². The minimum atomic E-state index is -0.781. The number of likely N-dealkylation sites (tertiary alicyclic amines) is 1. The van der Waals surface area contributed by atoms with Gasteiger partial charge in [0.05, 0.1) is 25.6 Å². The fourth-order valence-corrected chi connectivity index (χ4v) is 7.96. The molecule has 2 saturated carbocycles. The average Bonchev–Trinajstić information content (AvgIpc) is 3.29. The summed E-state index contributed by atoms with van der Waals surface area (Å²) in [5.41, 5.74) is 2.25. The van der Waals surface area contributed by atoms with Gasteiger partial charge in [-0.3, -0.25) is 0 Å². The van der Waals surface area contributed by atoms with E-state index in [0.717, 1.165) is 53.8 Å². The molecule has 1 saturated heterocycles. The summed E-state index contributed by atoms with van der Waals surface area (Å²) in [6.45, 7) is 6.59. The highest BCUT2D eigenvalue weighted by Crippen LogP contribution is 2.67. The number of hydrogen-bond acceptors (Lipinski definition) is 3. The molecule has 28 heavy (non-hydrogen) atoms. The van der Waals surface area contributed by atoms with E-state index < -0.39 is 11.0 Å². The fourth-order valence-electron chi connectivity index (χ4n) is 7.96. The van der Waals surface area contributed by atoms with Crippen LogP contribution in [0.3, 0.4) is 0 Å². The molecule has 1 aromatic rings. The second-order valence-electron chi connectivity index (χ2n) is 10.5. The van der Waals surface area contributed by atoms with E-state index in [1.165, 1.54) is 37.8 Å². The monoisotopic (exact) mass is 382 g/mol. The molecule has 5 atom stereocenters. The summed E-state index contributed by atoms with van der Waals surface area (Å²) in [7, 11) is 2.40. The van der Waals surface area contributed by atoms with E-state index in [1.54, 1.807) is 6.07 Å². The zero-order valence-corrected chi connectivity index (χ0v) is 16.9. The molecule has 2 heterocycles. The quantitative estimate of drug-likeness (QED) is 0.609. The lowest BCUT2D eigenvalue weighted by atomic mass is 9.48. The summed E-state index contributed by atoms with van der Waals surface area (Å²) in [5, 5.41) is 22.9. The summed E-state index contributed by atoms with van der Waals surface area (Å²) >= 11 is 0. The van der Waals surface area contributed by atoms with Crippen LogP contribution in [0.5, 0.6) is 11.5 Å². The number of ether oxygens (including phenoxy) is 1. The van der Waals surface area contributed by atoms with Crippen molar-refractivity contribution in [2.45, 2.75) is 74.5 Å². The van der Waals surface area contributed by atoms with Gasteiger partial charge in [-0.05, 0) is 42.9 Å². The number of quaternary nitrogens is 1. The van der Waals surface area contributed by atoms with Gasteiger partial charge in [-0.2, -0.15) is 0 Å². The normalized spacial score (nSPS) is 43.7. The Morgan fingerprint density at radius 1 is 1.25 bits per heavy atom. The van der Waals surface area contributed by atoms with Gasteiger partial charge in [0.15, 0.2) is 11.5 Å². The number of benzene rings is 1. The molecule has 3 fully saturated rings. The summed E-state index contributed by atoms with van der Waals surface area (Å²) in [4.78, 5) is 0. The van der Waals surface area contributed by atoms with Crippen LogP contribution in [0.15, 0.2) is 24.3 Å². The molecule has 1 spiro atoms. The fraction of sp³-hybridized carbons (Fsp3) is 0.667. The molecule has 6 rings (SSSR count). The highest BCUT2D eigenvalue weighted by atomic mass is 16.5. The van der Waals surface area contributed by atoms with E-state index in [0.29, 0.717) is 5.75 Å². The molecule has 0 aromatic heterocycles. The zero-order valence-electron chi connectivity index (χ0n) is 16.9. The molecule has 0 radical (unpaired) electrons. The Kier molecular flexibility index (Phi) is 3.31. The number of aliphatic hydroxyl groups is 1. The Morgan fingerprint density at radius 2 is 2.04 bits per heavy atom. The topological polar surface area (TPSA) is 49.7 Å². The van der Waals surface area contributed by atoms with E-state index in [4.69, 9.17) is 4.74 Å². The van der Waals surface area contributed by atoms with E-state index >= 15 is 0 Å². The van der Waals surface area contributed by atoms with Crippen molar-refractivity contribution in [2.24, 2.45) is 5.92 Å². The lowest BCUT2D eigenvalue weighted by Crippen LogP contribution is -2.80. The third-order valence-electron chi connectivity index (χ3n) is 9.21. The van der Waals surface area contributed by atoms with Gasteiger partial charge in [0, 0.05) is 24.3 Å². The van der Waals surface area contributed by atoms with Gasteiger partial charge in [0.1, 0.15) is 17.7 Å². The lowest BCUT2D eigenvalue weighted by Gasteiger charge is -2.65. The van der Waals surface area contributed by atoms with E-state index in [-0.39, 0.29) is 17.9 Å². The maximum Gasteiger partial charge on any atom is 0.166 e. The van der Waals surface area contributed by atoms with Gasteiger partial charge < -0.3 is 19.4 Å². The summed E-state index contributed by atoms with van der Waals surface area (Å²) in [5.74, 6) is 1.63. The molecule has 4 nitrogen and oxygen atoms in total. The smallest absolute Gasteiger partial charge is 0.166 e. The molecular weight excluding hydrogens is 350 g/mol. The van der Waals surface area contributed by atoms with Crippen LogP contribution in [-0.4, -0.2) is 52.6 Å². The first-order chi connectivity index (χ1) is 13.4. The van der Waals surface area contributed by atoms with E-state index in [1.807, 2.05) is 0 Å². The van der Waals surface area contributed by atoms with E-state index in [2.05, 4.69) is 19.7 Å². The Bertz CT molecular complexity index is 875. The predicted molar refractivity (Wildman–Crippen MR) is 108 cm³/mol. The van der Waals surface area contributed by atoms with Gasteiger partial charge in [0.2, 0.25) is 0 Å². The Labute approximate surface area is 167 Å². The number of phenolic OH excluding ortho intramolecular Hbond substituents is 1. The van der Waals surface area contributed by atoms with Gasteiger partial charge in [0.25, 0.3) is 0 Å². The number of nitrogens with zero attached hydrogens (tertiary/aromatic N) is 1. The highest BCUT2D eigenvalue weighted by Gasteiger charge is 2.75. The van der Waals surface area contributed by atoms with Crippen molar-refractivity contribution in [3.63, 3.8) is 0 Å². The summed E-state index contributed by atoms with van der Waals surface area (Å²) < 4.78 is 7.36. The van der Waals surface area contributed by atoms with Gasteiger partial charge in [-0.1, -0.05) is 25.5 Å². The minimum Gasteiger partial charge on any atom is -0.504 e. The van der Waals surface area contributed by atoms with Crippen molar-refractivity contribution in [1.29, 1.82) is 0 Å². The standard InChI is InChI=1S/C24H31NO3/c1-15-9-10-24(27)19-13-17-7-8-18(26)21-20(17)23(24,22(15)28-21)11-12-25(19,2)14-16-5-3-4-6-16/h7-8,16,19,22,27H,1,3-6,9-14H2,2H3/p+1/t19-,22+,23-,24-,25?/m1/s1. The molecule has 2 bridgehead atoms. The second-order valence-corrected chi connectivity index (χ2v) is 10.5. The first-order valence-electron chi connectivity index (χ1n) is 11.2. The number of hydrogen-bond donors (Lipinski definition) is 2. The maximum absolute atomic E-state index is 12.4. The summed E-state index contributed by atoms with van der Waals surface area (Å²) in [6, 6.07) is 4.06. The van der Waals surface area contributed by atoms with Crippen LogP contribution in [0.1, 0.15) is 56.1 Å². The first-order valence-corrected chi connectivity index (χ1v) is 11.2. The van der Waals surface area contributed by atoms with Crippen LogP contribution in [0.4, 0.5) is 0 Å². The Hall–Kier alpha value is -1.52. The lowest BCUT2D eigenvalue weighted by molar-refractivity contribution is -0.952. The van der Waals surface area contributed by atoms with Crippen molar-refractivity contribution >= 4 is 0 Å². The Morgan fingerprint density at radius 3 is 2.82 bits per heavy atom. The molecule has 5 aliphatic rings. The van der Waals surface area contributed by atoms with Crippen LogP contribution >= 0.6 is 0 Å². The van der Waals surface area contributed by atoms with Crippen molar-refractivity contribution in [1.82, 2.24) is 0 Å². The van der Waals surface area contributed by atoms with Gasteiger partial charge in [-0.15, -0.1) is 0 Å². The molecule has 3 aliphatic carbocycles. The first kappa shape index (κ1) is 17.3. The predicted octanol–water partition coefficient (Wildman–Crippen LogP) is 3.44. The molecule has 4 heteroatoms. The molecule has 150 valence electrons. The number of rotatable bonds is 2. The molecule has 1 aromatic carbocycles. The van der Waals surface area contributed by atoms with Crippen LogP contribution < -0.4 is 4.74 Å². The van der Waals surface area contributed by atoms with Crippen LogP contribution in [0.2, 0.25) is 0 Å². The van der Waals surface area contributed by atoms with Gasteiger partial charge >= 0.3 is 0 Å². The SMILES string of the molecule is C=C1CC[C@@]2(O)[C@H]3Cc4ccc(O)c5c4[C@]2(CC[N+]3(C)CC2CCCC2)[C@H]1O5. The molecule has 2 N–H and O–H groups in total. The Balaban J connectivity index is 1.53. The number of likely N-dealkylation sites (N-methyl/N-ethyl adjacent to an activating group) is 1. The van der Waals surface area contributed by atoms with Gasteiger partial charge in [-0.25, -0.2) is 0 Å². The molecule has 1 unspecified atom stereocenters. The minimum absolute atomic E-state index is 0.198. The van der Waals surface area contributed by atoms with E-state index in [9.17, 15) is 10.2 Å². The molecule has 2 aliphatic heterocycles. The van der Waals surface area contributed by atoms with Crippen LogP contribution in [0, 0.1) is 5.92 Å². The summed E-state index contributed by atoms with van der Waals surface area (Å²) in [6.07, 6.45) is 8.61. The van der Waals surface area contributed by atoms with Crippen molar-refractivity contribution in [3.8, 4) is 11.5 Å². The highest BCUT2D eigenvalue weighted by molar-refractivity contribution is 5.63. The number of aromatic hydroxyl groups is 1. The second kappa shape index (κ2) is 5.34. The zero-order chi connectivity index (χ0) is 19.3. The number of piperidine rings is 1. The average molecular weight is 383 g/mol. The molecular formula is C24H32NO3+.